The largest absolute Gasteiger partial charge is 0.444 e. The molecule has 0 spiro atoms. The van der Waals surface area contributed by atoms with Gasteiger partial charge in [0.1, 0.15) is 11.7 Å². The van der Waals surface area contributed by atoms with Crippen molar-refractivity contribution in [3.05, 3.63) is 18.0 Å². The van der Waals surface area contributed by atoms with Crippen LogP contribution < -0.4 is 4.90 Å². The van der Waals surface area contributed by atoms with Crippen LogP contribution in [0.4, 0.5) is 10.7 Å². The van der Waals surface area contributed by atoms with E-state index >= 15 is 0 Å². The second-order valence-corrected chi connectivity index (χ2v) is 7.06. The van der Waals surface area contributed by atoms with Crippen LogP contribution in [0.5, 0.6) is 0 Å². The molecule has 2 aliphatic rings. The lowest BCUT2D eigenvalue weighted by molar-refractivity contribution is 0.0122. The maximum atomic E-state index is 12.4. The zero-order chi connectivity index (χ0) is 16.6. The molecule has 2 fully saturated rings. The highest BCUT2D eigenvalue weighted by Gasteiger charge is 2.44. The average Bonchev–Trinajstić information content (AvgIpc) is 2.76. The van der Waals surface area contributed by atoms with Crippen molar-refractivity contribution >= 4 is 12.0 Å². The van der Waals surface area contributed by atoms with Gasteiger partial charge in [-0.15, -0.1) is 0 Å². The fourth-order valence-electron chi connectivity index (χ4n) is 3.22. The van der Waals surface area contributed by atoms with Crippen molar-refractivity contribution in [2.45, 2.75) is 51.3 Å². The van der Waals surface area contributed by atoms with Gasteiger partial charge in [0.25, 0.3) is 0 Å². The molecular weight excluding hydrogens is 294 g/mol. The SMILES string of the molecule is CC(C)(C)OC(=O)N1C2CCC1CN(c1ncc(C#N)cn1)C2. The first-order valence-electron chi connectivity index (χ1n) is 7.86. The molecule has 0 radical (unpaired) electrons. The maximum absolute atomic E-state index is 12.4. The first-order chi connectivity index (χ1) is 10.9. The third kappa shape index (κ3) is 3.21. The van der Waals surface area contributed by atoms with Crippen LogP contribution in [0.15, 0.2) is 12.4 Å². The van der Waals surface area contributed by atoms with Crippen LogP contribution in [-0.2, 0) is 4.74 Å². The summed E-state index contributed by atoms with van der Waals surface area (Å²) in [6, 6.07) is 2.27. The third-order valence-electron chi connectivity index (χ3n) is 4.14. The van der Waals surface area contributed by atoms with Gasteiger partial charge in [-0.05, 0) is 33.6 Å². The standard InChI is InChI=1S/C16H21N5O2/c1-16(2,3)23-15(22)21-12-4-5-13(21)10-20(9-12)14-18-7-11(6-17)8-19-14/h7-8,12-13H,4-5,9-10H2,1-3H3. The minimum Gasteiger partial charge on any atom is -0.444 e. The zero-order valence-corrected chi connectivity index (χ0v) is 13.7. The summed E-state index contributed by atoms with van der Waals surface area (Å²) in [7, 11) is 0. The normalized spacial score (nSPS) is 23.6. The van der Waals surface area contributed by atoms with E-state index in [1.54, 1.807) is 0 Å². The summed E-state index contributed by atoms with van der Waals surface area (Å²) in [6.45, 7) is 7.04. The molecular formula is C16H21N5O2. The molecule has 0 saturated carbocycles. The smallest absolute Gasteiger partial charge is 0.410 e. The lowest BCUT2D eigenvalue weighted by Crippen LogP contribution is -2.57. The van der Waals surface area contributed by atoms with Crippen LogP contribution in [-0.4, -0.2) is 51.7 Å². The quantitative estimate of drug-likeness (QED) is 0.787. The van der Waals surface area contributed by atoms with E-state index in [0.717, 1.165) is 12.8 Å². The Bertz CT molecular complexity index is 617. The van der Waals surface area contributed by atoms with Crippen LogP contribution in [0.1, 0.15) is 39.2 Å². The van der Waals surface area contributed by atoms with Crippen molar-refractivity contribution in [3.63, 3.8) is 0 Å². The number of aromatic nitrogens is 2. The molecule has 3 rings (SSSR count). The first-order valence-corrected chi connectivity index (χ1v) is 7.86. The van der Waals surface area contributed by atoms with Gasteiger partial charge >= 0.3 is 6.09 Å². The van der Waals surface area contributed by atoms with Crippen LogP contribution in [0.2, 0.25) is 0 Å². The summed E-state index contributed by atoms with van der Waals surface area (Å²) in [4.78, 5) is 24.9. The van der Waals surface area contributed by atoms with E-state index < -0.39 is 5.60 Å². The minimum atomic E-state index is -0.482. The predicted octanol–water partition coefficient (Wildman–Crippen LogP) is 1.94. The molecule has 1 aromatic heterocycles. The van der Waals surface area contributed by atoms with Crippen molar-refractivity contribution in [3.8, 4) is 6.07 Å². The molecule has 3 heterocycles. The van der Waals surface area contributed by atoms with Crippen LogP contribution in [0.25, 0.3) is 0 Å². The van der Waals surface area contributed by atoms with E-state index in [-0.39, 0.29) is 18.2 Å². The highest BCUT2D eigenvalue weighted by Crippen LogP contribution is 2.32. The number of hydrogen-bond donors (Lipinski definition) is 0. The van der Waals surface area contributed by atoms with Gasteiger partial charge in [0.05, 0.1) is 30.0 Å². The molecule has 122 valence electrons. The van der Waals surface area contributed by atoms with Crippen molar-refractivity contribution in [1.29, 1.82) is 5.26 Å². The van der Waals surface area contributed by atoms with Gasteiger partial charge in [-0.25, -0.2) is 14.8 Å². The molecule has 2 atom stereocenters. The Morgan fingerprint density at radius 3 is 2.30 bits per heavy atom. The van der Waals surface area contributed by atoms with E-state index in [9.17, 15) is 4.79 Å². The number of anilines is 1. The molecule has 0 aliphatic carbocycles. The summed E-state index contributed by atoms with van der Waals surface area (Å²) in [6.07, 6.45) is 4.77. The molecule has 1 aromatic rings. The molecule has 23 heavy (non-hydrogen) atoms. The Hall–Kier alpha value is -2.36. The highest BCUT2D eigenvalue weighted by molar-refractivity contribution is 5.70. The van der Waals surface area contributed by atoms with Gasteiger partial charge in [0, 0.05) is 13.1 Å². The van der Waals surface area contributed by atoms with Crippen molar-refractivity contribution in [2.75, 3.05) is 18.0 Å². The van der Waals surface area contributed by atoms with Crippen LogP contribution in [0.3, 0.4) is 0 Å². The predicted molar refractivity (Wildman–Crippen MR) is 83.8 cm³/mol. The summed E-state index contributed by atoms with van der Waals surface area (Å²) in [5.41, 5.74) is -0.0340. The molecule has 2 saturated heterocycles. The maximum Gasteiger partial charge on any atom is 0.410 e. The van der Waals surface area contributed by atoms with E-state index in [4.69, 9.17) is 10.00 Å². The van der Waals surface area contributed by atoms with Gasteiger partial charge in [-0.3, -0.25) is 4.90 Å². The number of carbonyl (C=O) groups excluding carboxylic acids is 1. The molecule has 0 N–H and O–H groups in total. The number of fused-ring (bicyclic) bond motifs is 2. The Kier molecular flexibility index (Phi) is 3.84. The van der Waals surface area contributed by atoms with E-state index in [1.807, 2.05) is 31.7 Å². The lowest BCUT2D eigenvalue weighted by Gasteiger charge is -2.41. The first kappa shape index (κ1) is 15.5. The van der Waals surface area contributed by atoms with Crippen molar-refractivity contribution in [2.24, 2.45) is 0 Å². The Balaban J connectivity index is 1.71. The van der Waals surface area contributed by atoms with Crippen LogP contribution in [0, 0.1) is 11.3 Å². The van der Waals surface area contributed by atoms with Gasteiger partial charge < -0.3 is 9.64 Å². The Morgan fingerprint density at radius 2 is 1.83 bits per heavy atom. The number of ether oxygens (including phenoxy) is 1. The van der Waals surface area contributed by atoms with E-state index in [1.165, 1.54) is 12.4 Å². The van der Waals surface area contributed by atoms with Gasteiger partial charge in [0.2, 0.25) is 5.95 Å². The number of nitrogens with zero attached hydrogens (tertiary/aromatic N) is 5. The number of nitriles is 1. The van der Waals surface area contributed by atoms with Crippen LogP contribution >= 0.6 is 0 Å². The molecule has 1 amide bonds. The fraction of sp³-hybridized carbons (Fsp3) is 0.625. The number of carbonyl (C=O) groups is 1. The number of rotatable bonds is 1. The van der Waals surface area contributed by atoms with Crippen molar-refractivity contribution < 1.29 is 9.53 Å². The highest BCUT2D eigenvalue weighted by atomic mass is 16.6. The molecule has 0 aromatic carbocycles. The van der Waals surface area contributed by atoms with Crippen molar-refractivity contribution in [1.82, 2.24) is 14.9 Å². The molecule has 2 bridgehead atoms. The lowest BCUT2D eigenvalue weighted by atomic mass is 10.2. The molecule has 7 nitrogen and oxygen atoms in total. The average molecular weight is 315 g/mol. The summed E-state index contributed by atoms with van der Waals surface area (Å²) in [5, 5.41) is 8.82. The van der Waals surface area contributed by atoms with Gasteiger partial charge in [0.15, 0.2) is 0 Å². The Morgan fingerprint density at radius 1 is 1.26 bits per heavy atom. The molecule has 2 aliphatic heterocycles. The molecule has 2 unspecified atom stereocenters. The van der Waals surface area contributed by atoms with E-state index in [2.05, 4.69) is 14.9 Å². The second-order valence-electron chi connectivity index (χ2n) is 7.06. The summed E-state index contributed by atoms with van der Waals surface area (Å²) < 4.78 is 5.53. The van der Waals surface area contributed by atoms with Gasteiger partial charge in [-0.2, -0.15) is 5.26 Å². The third-order valence-corrected chi connectivity index (χ3v) is 4.14. The Labute approximate surface area is 135 Å². The number of amides is 1. The van der Waals surface area contributed by atoms with Gasteiger partial charge in [-0.1, -0.05) is 0 Å². The summed E-state index contributed by atoms with van der Waals surface area (Å²) >= 11 is 0. The minimum absolute atomic E-state index is 0.128. The monoisotopic (exact) mass is 315 g/mol. The molecule has 7 heteroatoms. The second kappa shape index (κ2) is 5.69. The zero-order valence-electron chi connectivity index (χ0n) is 13.7. The topological polar surface area (TPSA) is 82.4 Å². The number of hydrogen-bond acceptors (Lipinski definition) is 6. The van der Waals surface area contributed by atoms with E-state index in [0.29, 0.717) is 24.6 Å². The fourth-order valence-corrected chi connectivity index (χ4v) is 3.22. The summed E-state index contributed by atoms with van der Waals surface area (Å²) in [5.74, 6) is 0.615. The number of piperazine rings is 1.